The van der Waals surface area contributed by atoms with E-state index in [4.69, 9.17) is 0 Å². The van der Waals surface area contributed by atoms with Gasteiger partial charge < -0.3 is 4.90 Å². The molecule has 1 aromatic heterocycles. The van der Waals surface area contributed by atoms with Gasteiger partial charge in [0.2, 0.25) is 0 Å². The lowest BCUT2D eigenvalue weighted by atomic mass is 10.3. The summed E-state index contributed by atoms with van der Waals surface area (Å²) in [4.78, 5) is 6.28. The molecule has 0 aliphatic carbocycles. The fourth-order valence-corrected chi connectivity index (χ4v) is 1.64. The van der Waals surface area contributed by atoms with Crippen LogP contribution in [0.1, 0.15) is 5.56 Å². The average Bonchev–Trinajstić information content (AvgIpc) is 1.96. The summed E-state index contributed by atoms with van der Waals surface area (Å²) < 4.78 is 1.93. The van der Waals surface area contributed by atoms with Crippen molar-refractivity contribution in [3.63, 3.8) is 0 Å². The molecule has 0 amide bonds. The minimum Gasteiger partial charge on any atom is -0.305 e. The van der Waals surface area contributed by atoms with Crippen LogP contribution in [0.15, 0.2) is 21.3 Å². The van der Waals surface area contributed by atoms with Crippen LogP contribution in [-0.4, -0.2) is 24.0 Å². The van der Waals surface area contributed by atoms with E-state index in [1.165, 1.54) is 5.56 Å². The zero-order valence-electron chi connectivity index (χ0n) is 7.01. The molecular formula is C8H10Br2N2. The van der Waals surface area contributed by atoms with Crippen LogP contribution in [-0.2, 0) is 6.54 Å². The van der Waals surface area contributed by atoms with Crippen molar-refractivity contribution in [1.82, 2.24) is 9.88 Å². The van der Waals surface area contributed by atoms with E-state index in [9.17, 15) is 0 Å². The second-order valence-electron chi connectivity index (χ2n) is 2.84. The number of hydrogen-bond donors (Lipinski definition) is 0. The van der Waals surface area contributed by atoms with E-state index in [-0.39, 0.29) is 0 Å². The van der Waals surface area contributed by atoms with Crippen LogP contribution in [0.3, 0.4) is 0 Å². The molecule has 2 nitrogen and oxygen atoms in total. The molecule has 0 atom stereocenters. The summed E-state index contributed by atoms with van der Waals surface area (Å²) in [6, 6.07) is 2.07. The minimum atomic E-state index is 0.896. The van der Waals surface area contributed by atoms with Gasteiger partial charge >= 0.3 is 0 Å². The molecule has 0 aliphatic rings. The normalized spacial score (nSPS) is 10.8. The van der Waals surface area contributed by atoms with Crippen LogP contribution in [0.4, 0.5) is 0 Å². The molecule has 1 aromatic rings. The second-order valence-corrected chi connectivity index (χ2v) is 4.51. The Balaban J connectivity index is 2.90. The Bertz CT molecular complexity index is 274. The molecule has 0 saturated heterocycles. The molecule has 12 heavy (non-hydrogen) atoms. The quantitative estimate of drug-likeness (QED) is 0.780. The maximum atomic E-state index is 4.17. The molecule has 0 N–H and O–H groups in total. The summed E-state index contributed by atoms with van der Waals surface area (Å²) in [5, 5.41) is 0. The molecule has 0 fully saturated rings. The molecular weight excluding hydrogens is 284 g/mol. The highest BCUT2D eigenvalue weighted by molar-refractivity contribution is 9.11. The first-order valence-electron chi connectivity index (χ1n) is 3.54. The molecule has 4 heteroatoms. The number of pyridine rings is 1. The first-order valence-corrected chi connectivity index (χ1v) is 5.13. The molecule has 0 aliphatic heterocycles. The molecule has 0 saturated carbocycles. The van der Waals surface area contributed by atoms with E-state index in [1.54, 1.807) is 6.20 Å². The van der Waals surface area contributed by atoms with E-state index >= 15 is 0 Å². The van der Waals surface area contributed by atoms with Crippen molar-refractivity contribution < 1.29 is 0 Å². The van der Waals surface area contributed by atoms with Gasteiger partial charge in [-0.1, -0.05) is 0 Å². The standard InChI is InChI=1S/C8H10Br2N2/c1-12(2)5-6-3-7(9)4-11-8(6)10/h3-4H,5H2,1-2H3. The number of halogens is 2. The van der Waals surface area contributed by atoms with Gasteiger partial charge in [0.25, 0.3) is 0 Å². The smallest absolute Gasteiger partial charge is 0.110 e. The highest BCUT2D eigenvalue weighted by atomic mass is 79.9. The summed E-state index contributed by atoms with van der Waals surface area (Å²) >= 11 is 6.78. The average molecular weight is 294 g/mol. The lowest BCUT2D eigenvalue weighted by molar-refractivity contribution is 0.401. The van der Waals surface area contributed by atoms with Gasteiger partial charge in [-0.3, -0.25) is 0 Å². The summed E-state index contributed by atoms with van der Waals surface area (Å²) in [6.45, 7) is 0.896. The van der Waals surface area contributed by atoms with Crippen molar-refractivity contribution in [1.29, 1.82) is 0 Å². The molecule has 1 heterocycles. The first kappa shape index (κ1) is 10.2. The Morgan fingerprint density at radius 1 is 1.42 bits per heavy atom. The third-order valence-electron chi connectivity index (χ3n) is 1.36. The molecule has 1 rings (SSSR count). The van der Waals surface area contributed by atoms with Crippen molar-refractivity contribution in [2.45, 2.75) is 6.54 Å². The third-order valence-corrected chi connectivity index (χ3v) is 2.51. The zero-order chi connectivity index (χ0) is 9.14. The van der Waals surface area contributed by atoms with Gasteiger partial charge in [-0.05, 0) is 52.0 Å². The van der Waals surface area contributed by atoms with E-state index in [2.05, 4.69) is 47.8 Å². The van der Waals surface area contributed by atoms with Crippen LogP contribution in [0.5, 0.6) is 0 Å². The van der Waals surface area contributed by atoms with Gasteiger partial charge in [-0.15, -0.1) is 0 Å². The highest BCUT2D eigenvalue weighted by Crippen LogP contribution is 2.19. The number of hydrogen-bond acceptors (Lipinski definition) is 2. The molecule has 0 aromatic carbocycles. The Kier molecular flexibility index (Phi) is 3.68. The third kappa shape index (κ3) is 2.84. The number of rotatable bonds is 2. The largest absolute Gasteiger partial charge is 0.305 e. The molecule has 0 radical (unpaired) electrons. The second kappa shape index (κ2) is 4.35. The summed E-state index contributed by atoms with van der Waals surface area (Å²) in [5.41, 5.74) is 1.19. The van der Waals surface area contributed by atoms with E-state index in [1.807, 2.05) is 14.1 Å². The summed E-state index contributed by atoms with van der Waals surface area (Å²) in [7, 11) is 4.07. The molecule has 0 unspecified atom stereocenters. The van der Waals surface area contributed by atoms with Crippen LogP contribution in [0, 0.1) is 0 Å². The van der Waals surface area contributed by atoms with Gasteiger partial charge in [-0.2, -0.15) is 0 Å². The van der Waals surface area contributed by atoms with Crippen molar-refractivity contribution in [3.8, 4) is 0 Å². The monoisotopic (exact) mass is 292 g/mol. The minimum absolute atomic E-state index is 0.896. The highest BCUT2D eigenvalue weighted by Gasteiger charge is 2.02. The maximum Gasteiger partial charge on any atom is 0.110 e. The van der Waals surface area contributed by atoms with Crippen molar-refractivity contribution >= 4 is 31.9 Å². The van der Waals surface area contributed by atoms with Gasteiger partial charge in [0.15, 0.2) is 0 Å². The molecule has 66 valence electrons. The fraction of sp³-hybridized carbons (Fsp3) is 0.375. The van der Waals surface area contributed by atoms with Crippen LogP contribution in [0.2, 0.25) is 0 Å². The Morgan fingerprint density at radius 2 is 2.08 bits per heavy atom. The maximum absolute atomic E-state index is 4.17. The van der Waals surface area contributed by atoms with Crippen molar-refractivity contribution in [2.24, 2.45) is 0 Å². The Labute approximate surface area is 89.2 Å². The van der Waals surface area contributed by atoms with E-state index in [0.717, 1.165) is 15.6 Å². The SMILES string of the molecule is CN(C)Cc1cc(Br)cnc1Br. The lowest BCUT2D eigenvalue weighted by Gasteiger charge is -2.10. The first-order chi connectivity index (χ1) is 5.59. The predicted molar refractivity (Wildman–Crippen MR) is 57.0 cm³/mol. The van der Waals surface area contributed by atoms with Gasteiger partial charge in [0, 0.05) is 22.8 Å². The fourth-order valence-electron chi connectivity index (χ4n) is 0.916. The predicted octanol–water partition coefficient (Wildman–Crippen LogP) is 2.67. The Hall–Kier alpha value is 0.0700. The van der Waals surface area contributed by atoms with Gasteiger partial charge in [0.05, 0.1) is 0 Å². The van der Waals surface area contributed by atoms with Crippen LogP contribution < -0.4 is 0 Å². The zero-order valence-corrected chi connectivity index (χ0v) is 10.2. The topological polar surface area (TPSA) is 16.1 Å². The van der Waals surface area contributed by atoms with E-state index in [0.29, 0.717) is 0 Å². The summed E-state index contributed by atoms with van der Waals surface area (Å²) in [5.74, 6) is 0. The lowest BCUT2D eigenvalue weighted by Crippen LogP contribution is -2.11. The van der Waals surface area contributed by atoms with Crippen molar-refractivity contribution in [3.05, 3.63) is 26.9 Å². The molecule has 0 spiro atoms. The molecule has 0 bridgehead atoms. The van der Waals surface area contributed by atoms with Gasteiger partial charge in [0.1, 0.15) is 4.60 Å². The van der Waals surface area contributed by atoms with Crippen LogP contribution >= 0.6 is 31.9 Å². The summed E-state index contributed by atoms with van der Waals surface area (Å²) in [6.07, 6.45) is 1.78. The van der Waals surface area contributed by atoms with Gasteiger partial charge in [-0.25, -0.2) is 4.98 Å². The van der Waals surface area contributed by atoms with Crippen molar-refractivity contribution in [2.75, 3.05) is 14.1 Å². The number of nitrogens with zero attached hydrogens (tertiary/aromatic N) is 2. The Morgan fingerprint density at radius 3 is 2.67 bits per heavy atom. The van der Waals surface area contributed by atoms with E-state index < -0.39 is 0 Å². The van der Waals surface area contributed by atoms with Crippen LogP contribution in [0.25, 0.3) is 0 Å². The number of aromatic nitrogens is 1.